The van der Waals surface area contributed by atoms with Crippen molar-refractivity contribution in [1.82, 2.24) is 5.32 Å². The third-order valence-electron chi connectivity index (χ3n) is 2.62. The van der Waals surface area contributed by atoms with Gasteiger partial charge in [-0.05, 0) is 29.8 Å². The fourth-order valence-electron chi connectivity index (χ4n) is 1.68. The van der Waals surface area contributed by atoms with E-state index < -0.39 is 0 Å². The van der Waals surface area contributed by atoms with Crippen LogP contribution in [-0.4, -0.2) is 17.3 Å². The average molecular weight is 292 g/mol. The highest BCUT2D eigenvalue weighted by Gasteiger charge is 2.08. The lowest BCUT2D eigenvalue weighted by molar-refractivity contribution is 0.0944. The summed E-state index contributed by atoms with van der Waals surface area (Å²) < 4.78 is 0. The second kappa shape index (κ2) is 5.32. The molecule has 88 valence electrons. The highest BCUT2D eigenvalue weighted by molar-refractivity contribution is 9.09. The van der Waals surface area contributed by atoms with Crippen LogP contribution in [0, 0.1) is 0 Å². The SMILES string of the molecule is CC(CBr)NC(=O)c1ccc2ccccc2c1. The molecule has 1 amide bonds. The Morgan fingerprint density at radius 3 is 2.65 bits per heavy atom. The van der Waals surface area contributed by atoms with Crippen LogP contribution in [0.3, 0.4) is 0 Å². The van der Waals surface area contributed by atoms with Gasteiger partial charge in [0.15, 0.2) is 0 Å². The molecule has 2 nitrogen and oxygen atoms in total. The maximum Gasteiger partial charge on any atom is 0.251 e. The zero-order valence-electron chi connectivity index (χ0n) is 9.61. The van der Waals surface area contributed by atoms with Gasteiger partial charge in [0.1, 0.15) is 0 Å². The number of carbonyl (C=O) groups is 1. The van der Waals surface area contributed by atoms with E-state index in [1.807, 2.05) is 49.4 Å². The molecule has 0 heterocycles. The number of fused-ring (bicyclic) bond motifs is 1. The molecule has 0 aliphatic heterocycles. The van der Waals surface area contributed by atoms with Gasteiger partial charge in [0.25, 0.3) is 5.91 Å². The smallest absolute Gasteiger partial charge is 0.251 e. The lowest BCUT2D eigenvalue weighted by Gasteiger charge is -2.10. The van der Waals surface area contributed by atoms with Gasteiger partial charge in [-0.2, -0.15) is 0 Å². The summed E-state index contributed by atoms with van der Waals surface area (Å²) in [5.41, 5.74) is 0.705. The molecule has 2 rings (SSSR count). The molecule has 1 N–H and O–H groups in total. The van der Waals surface area contributed by atoms with E-state index in [0.29, 0.717) is 5.56 Å². The van der Waals surface area contributed by atoms with E-state index in [0.717, 1.165) is 16.1 Å². The number of hydrogen-bond donors (Lipinski definition) is 1. The van der Waals surface area contributed by atoms with E-state index in [1.165, 1.54) is 0 Å². The van der Waals surface area contributed by atoms with E-state index in [4.69, 9.17) is 0 Å². The average Bonchev–Trinajstić information content (AvgIpc) is 2.38. The molecule has 0 aliphatic carbocycles. The van der Waals surface area contributed by atoms with Gasteiger partial charge in [-0.1, -0.05) is 46.3 Å². The number of hydrogen-bond acceptors (Lipinski definition) is 1. The molecule has 1 unspecified atom stereocenters. The molecule has 0 radical (unpaired) electrons. The predicted octanol–water partition coefficient (Wildman–Crippen LogP) is 3.35. The van der Waals surface area contributed by atoms with Crippen molar-refractivity contribution in [3.05, 3.63) is 48.0 Å². The number of halogens is 1. The lowest BCUT2D eigenvalue weighted by Crippen LogP contribution is -2.33. The summed E-state index contributed by atoms with van der Waals surface area (Å²) in [7, 11) is 0. The minimum atomic E-state index is -0.0253. The molecule has 2 aromatic rings. The van der Waals surface area contributed by atoms with Crippen LogP contribution in [0.15, 0.2) is 42.5 Å². The maximum atomic E-state index is 11.9. The highest BCUT2D eigenvalue weighted by atomic mass is 79.9. The summed E-state index contributed by atoms with van der Waals surface area (Å²) in [5.74, 6) is -0.0253. The topological polar surface area (TPSA) is 29.1 Å². The van der Waals surface area contributed by atoms with Gasteiger partial charge in [0, 0.05) is 16.9 Å². The van der Waals surface area contributed by atoms with Crippen molar-refractivity contribution in [1.29, 1.82) is 0 Å². The second-order valence-corrected chi connectivity index (χ2v) is 4.74. The van der Waals surface area contributed by atoms with Crippen molar-refractivity contribution in [2.45, 2.75) is 13.0 Å². The van der Waals surface area contributed by atoms with Gasteiger partial charge in [0.05, 0.1) is 0 Å². The zero-order chi connectivity index (χ0) is 12.3. The first kappa shape index (κ1) is 12.1. The molecular weight excluding hydrogens is 278 g/mol. The Morgan fingerprint density at radius 1 is 1.24 bits per heavy atom. The molecular formula is C14H14BrNO. The Bertz CT molecular complexity index is 538. The minimum absolute atomic E-state index is 0.0253. The molecule has 0 saturated heterocycles. The van der Waals surface area contributed by atoms with Gasteiger partial charge in [-0.25, -0.2) is 0 Å². The van der Waals surface area contributed by atoms with Crippen LogP contribution in [0.1, 0.15) is 17.3 Å². The molecule has 2 aromatic carbocycles. The highest BCUT2D eigenvalue weighted by Crippen LogP contribution is 2.15. The van der Waals surface area contributed by atoms with E-state index in [-0.39, 0.29) is 11.9 Å². The number of amides is 1. The summed E-state index contributed by atoms with van der Waals surface area (Å²) in [6, 6.07) is 13.9. The Balaban J connectivity index is 2.27. The summed E-state index contributed by atoms with van der Waals surface area (Å²) in [6.07, 6.45) is 0. The van der Waals surface area contributed by atoms with E-state index >= 15 is 0 Å². The fraction of sp³-hybridized carbons (Fsp3) is 0.214. The van der Waals surface area contributed by atoms with Crippen LogP contribution in [0.4, 0.5) is 0 Å². The zero-order valence-corrected chi connectivity index (χ0v) is 11.2. The van der Waals surface area contributed by atoms with Crippen LogP contribution >= 0.6 is 15.9 Å². The predicted molar refractivity (Wildman–Crippen MR) is 74.7 cm³/mol. The lowest BCUT2D eigenvalue weighted by atomic mass is 10.1. The molecule has 0 spiro atoms. The van der Waals surface area contributed by atoms with Crippen LogP contribution in [0.5, 0.6) is 0 Å². The van der Waals surface area contributed by atoms with E-state index in [2.05, 4.69) is 21.2 Å². The summed E-state index contributed by atoms with van der Waals surface area (Å²) >= 11 is 3.34. The van der Waals surface area contributed by atoms with Gasteiger partial charge in [-0.15, -0.1) is 0 Å². The molecule has 1 atom stereocenters. The molecule has 0 aromatic heterocycles. The third-order valence-corrected chi connectivity index (χ3v) is 3.59. The molecule has 0 aliphatic rings. The fourth-order valence-corrected chi connectivity index (χ4v) is 1.84. The first-order valence-corrected chi connectivity index (χ1v) is 6.68. The first-order chi connectivity index (χ1) is 8.20. The third kappa shape index (κ3) is 2.86. The Kier molecular flexibility index (Phi) is 3.79. The summed E-state index contributed by atoms with van der Waals surface area (Å²) in [5, 5.41) is 5.92. The van der Waals surface area contributed by atoms with E-state index in [1.54, 1.807) is 0 Å². The van der Waals surface area contributed by atoms with Crippen LogP contribution < -0.4 is 5.32 Å². The summed E-state index contributed by atoms with van der Waals surface area (Å²) in [4.78, 5) is 11.9. The second-order valence-electron chi connectivity index (χ2n) is 4.09. The first-order valence-electron chi connectivity index (χ1n) is 5.56. The van der Waals surface area contributed by atoms with Gasteiger partial charge in [0.2, 0.25) is 0 Å². The number of carbonyl (C=O) groups excluding carboxylic acids is 1. The number of benzene rings is 2. The van der Waals surface area contributed by atoms with Gasteiger partial charge in [-0.3, -0.25) is 4.79 Å². The monoisotopic (exact) mass is 291 g/mol. The minimum Gasteiger partial charge on any atom is -0.349 e. The van der Waals surface area contributed by atoms with Crippen molar-refractivity contribution in [2.24, 2.45) is 0 Å². The molecule has 17 heavy (non-hydrogen) atoms. The molecule has 0 fully saturated rings. The Morgan fingerprint density at radius 2 is 1.94 bits per heavy atom. The van der Waals surface area contributed by atoms with Crippen LogP contribution in [0.2, 0.25) is 0 Å². The number of alkyl halides is 1. The maximum absolute atomic E-state index is 11.9. The van der Waals surface area contributed by atoms with Crippen molar-refractivity contribution in [3.63, 3.8) is 0 Å². The van der Waals surface area contributed by atoms with Gasteiger partial charge >= 0.3 is 0 Å². The Hall–Kier alpha value is -1.35. The standard InChI is InChI=1S/C14H14BrNO/c1-10(9-15)16-14(17)13-7-6-11-4-2-3-5-12(11)8-13/h2-8,10H,9H2,1H3,(H,16,17). The van der Waals surface area contributed by atoms with Crippen molar-refractivity contribution in [2.75, 3.05) is 5.33 Å². The number of rotatable bonds is 3. The molecule has 3 heteroatoms. The summed E-state index contributed by atoms with van der Waals surface area (Å²) in [6.45, 7) is 1.97. The molecule has 0 saturated carbocycles. The molecule has 0 bridgehead atoms. The number of nitrogens with one attached hydrogen (secondary N) is 1. The normalized spacial score (nSPS) is 12.4. The van der Waals surface area contributed by atoms with Crippen molar-refractivity contribution in [3.8, 4) is 0 Å². The Labute approximate surface area is 109 Å². The van der Waals surface area contributed by atoms with Crippen molar-refractivity contribution >= 4 is 32.6 Å². The largest absolute Gasteiger partial charge is 0.349 e. The quantitative estimate of drug-likeness (QED) is 0.864. The van der Waals surface area contributed by atoms with Gasteiger partial charge < -0.3 is 5.32 Å². The van der Waals surface area contributed by atoms with Crippen LogP contribution in [0.25, 0.3) is 10.8 Å². The van der Waals surface area contributed by atoms with Crippen molar-refractivity contribution < 1.29 is 4.79 Å². The van der Waals surface area contributed by atoms with Crippen LogP contribution in [-0.2, 0) is 0 Å². The van der Waals surface area contributed by atoms with E-state index in [9.17, 15) is 4.79 Å².